The van der Waals surface area contributed by atoms with Crippen LogP contribution in [-0.4, -0.2) is 30.8 Å². The minimum Gasteiger partial charge on any atom is -0.378 e. The van der Waals surface area contributed by atoms with Gasteiger partial charge in [0.1, 0.15) is 0 Å². The third-order valence-electron chi connectivity index (χ3n) is 7.52. The largest absolute Gasteiger partial charge is 0.378 e. The van der Waals surface area contributed by atoms with E-state index < -0.39 is 0 Å². The van der Waals surface area contributed by atoms with Crippen LogP contribution in [0.25, 0.3) is 0 Å². The predicted octanol–water partition coefficient (Wildman–Crippen LogP) is 7.74. The zero-order chi connectivity index (χ0) is 20.0. The summed E-state index contributed by atoms with van der Waals surface area (Å²) in [6.45, 7) is 1.03. The lowest BCUT2D eigenvalue weighted by atomic mass is 9.91. The van der Waals surface area contributed by atoms with Crippen LogP contribution in [0.2, 0.25) is 0 Å². The summed E-state index contributed by atoms with van der Waals surface area (Å²) in [4.78, 5) is 8.92. The molecule has 0 spiro atoms. The molecule has 1 heterocycles. The topological polar surface area (TPSA) is 34.0 Å². The summed E-state index contributed by atoms with van der Waals surface area (Å²) in [6, 6.07) is 4.04. The maximum absolute atomic E-state index is 6.00. The fourth-order valence-electron chi connectivity index (χ4n) is 5.61. The number of ether oxygens (including phenoxy) is 1. The summed E-state index contributed by atoms with van der Waals surface area (Å²) in [5, 5.41) is 0. The van der Waals surface area contributed by atoms with Gasteiger partial charge in [-0.05, 0) is 57.3 Å². The molecule has 1 atom stereocenters. The molecule has 0 aromatic heterocycles. The Bertz CT molecular complexity index is 417. The highest BCUT2D eigenvalue weighted by atomic mass is 16.5. The quantitative estimate of drug-likeness (QED) is 0.351. The second-order valence-electron chi connectivity index (χ2n) is 9.95. The number of hydrogen-bond acceptors (Lipinski definition) is 3. The van der Waals surface area contributed by atoms with Crippen molar-refractivity contribution in [3.05, 3.63) is 0 Å². The van der Waals surface area contributed by atoms with Crippen LogP contribution in [0.4, 0.5) is 0 Å². The Balaban J connectivity index is 0.000000166. The first kappa shape index (κ1) is 23.0. The molecule has 0 N–H and O–H groups in total. The zero-order valence-electron chi connectivity index (χ0n) is 19.0. The van der Waals surface area contributed by atoms with Crippen molar-refractivity contribution in [3.8, 4) is 0 Å². The summed E-state index contributed by atoms with van der Waals surface area (Å²) in [7, 11) is 0. The summed E-state index contributed by atoms with van der Waals surface area (Å²) < 4.78 is 6.00. The fourth-order valence-corrected chi connectivity index (χ4v) is 5.61. The SMILES string of the molecule is C(=NC1CCCCC1)=NC1CCCCC1.C1CCCC(C2CCCCCO2)CC1. The van der Waals surface area contributed by atoms with Crippen LogP contribution in [0.1, 0.15) is 128 Å². The van der Waals surface area contributed by atoms with Gasteiger partial charge in [-0.3, -0.25) is 0 Å². The smallest absolute Gasteiger partial charge is 0.0898 e. The van der Waals surface area contributed by atoms with Gasteiger partial charge in [-0.15, -0.1) is 0 Å². The molecule has 0 aromatic carbocycles. The first-order valence-corrected chi connectivity index (χ1v) is 13.2. The molecule has 0 amide bonds. The van der Waals surface area contributed by atoms with Gasteiger partial charge in [-0.1, -0.05) is 77.0 Å². The minimum atomic E-state index is 0.533. The van der Waals surface area contributed by atoms with Crippen molar-refractivity contribution in [2.45, 2.75) is 147 Å². The lowest BCUT2D eigenvalue weighted by Crippen LogP contribution is -2.23. The minimum absolute atomic E-state index is 0.533. The second kappa shape index (κ2) is 14.4. The molecule has 3 heteroatoms. The number of aliphatic imine (C=N–C) groups is 2. The summed E-state index contributed by atoms with van der Waals surface area (Å²) in [5.74, 6) is 0.899. The first-order valence-electron chi connectivity index (χ1n) is 13.2. The molecule has 0 radical (unpaired) electrons. The highest BCUT2D eigenvalue weighted by Crippen LogP contribution is 2.30. The van der Waals surface area contributed by atoms with Crippen molar-refractivity contribution in [2.75, 3.05) is 6.61 Å². The van der Waals surface area contributed by atoms with Gasteiger partial charge in [0, 0.05) is 6.61 Å². The monoisotopic (exact) mass is 402 g/mol. The molecule has 4 aliphatic rings. The Kier molecular flexibility index (Phi) is 11.4. The van der Waals surface area contributed by atoms with Crippen molar-refractivity contribution in [3.63, 3.8) is 0 Å². The van der Waals surface area contributed by atoms with Crippen molar-refractivity contribution in [1.82, 2.24) is 0 Å². The van der Waals surface area contributed by atoms with Gasteiger partial charge in [0.2, 0.25) is 0 Å². The van der Waals surface area contributed by atoms with Gasteiger partial charge in [-0.25, -0.2) is 9.98 Å². The molecule has 4 rings (SSSR count). The van der Waals surface area contributed by atoms with Crippen LogP contribution in [0, 0.1) is 5.92 Å². The van der Waals surface area contributed by atoms with Crippen molar-refractivity contribution in [2.24, 2.45) is 15.9 Å². The van der Waals surface area contributed by atoms with E-state index >= 15 is 0 Å². The van der Waals surface area contributed by atoms with Crippen LogP contribution in [0.5, 0.6) is 0 Å². The van der Waals surface area contributed by atoms with E-state index in [4.69, 9.17) is 4.74 Å². The maximum Gasteiger partial charge on any atom is 0.0898 e. The average molecular weight is 403 g/mol. The molecule has 1 saturated heterocycles. The average Bonchev–Trinajstić information content (AvgIpc) is 3.21. The van der Waals surface area contributed by atoms with Crippen molar-refractivity contribution < 1.29 is 4.74 Å². The lowest BCUT2D eigenvalue weighted by molar-refractivity contribution is 0.0116. The third-order valence-corrected chi connectivity index (χ3v) is 7.52. The van der Waals surface area contributed by atoms with Crippen LogP contribution >= 0.6 is 0 Å². The normalized spacial score (nSPS) is 28.2. The van der Waals surface area contributed by atoms with Crippen LogP contribution in [0.3, 0.4) is 0 Å². The van der Waals surface area contributed by atoms with Crippen molar-refractivity contribution in [1.29, 1.82) is 0 Å². The Morgan fingerprint density at radius 3 is 1.52 bits per heavy atom. The number of rotatable bonds is 3. The first-order chi connectivity index (χ1) is 14.4. The molecule has 3 aliphatic carbocycles. The molecule has 166 valence electrons. The molecule has 29 heavy (non-hydrogen) atoms. The Labute approximate surface area is 180 Å². The summed E-state index contributed by atoms with van der Waals surface area (Å²) in [5.41, 5.74) is 0. The second-order valence-corrected chi connectivity index (χ2v) is 9.95. The van der Waals surface area contributed by atoms with E-state index in [1.54, 1.807) is 0 Å². The Morgan fingerprint density at radius 2 is 0.931 bits per heavy atom. The standard InChI is InChI=1S/C13H22N2.C13H24O/c1-3-7-12(8-4-1)14-11-15-13-9-5-2-6-10-13;1-2-5-9-12(8-4-1)13-10-6-3-7-11-14-13/h12-13H,1-10H2;12-13H,1-11H2. The maximum atomic E-state index is 6.00. The van der Waals surface area contributed by atoms with E-state index in [0.29, 0.717) is 18.2 Å². The summed E-state index contributed by atoms with van der Waals surface area (Å²) >= 11 is 0. The van der Waals surface area contributed by atoms with E-state index in [9.17, 15) is 0 Å². The van der Waals surface area contributed by atoms with E-state index in [0.717, 1.165) is 12.5 Å². The molecule has 0 bridgehead atoms. The van der Waals surface area contributed by atoms with E-state index in [-0.39, 0.29) is 0 Å². The van der Waals surface area contributed by atoms with E-state index in [2.05, 4.69) is 16.0 Å². The Hall–Kier alpha value is -0.660. The fraction of sp³-hybridized carbons (Fsp3) is 0.962. The third kappa shape index (κ3) is 9.35. The molecule has 4 fully saturated rings. The van der Waals surface area contributed by atoms with Gasteiger partial charge in [0.05, 0.1) is 24.2 Å². The lowest BCUT2D eigenvalue weighted by Gasteiger charge is -2.24. The van der Waals surface area contributed by atoms with Gasteiger partial charge in [0.15, 0.2) is 0 Å². The van der Waals surface area contributed by atoms with E-state index in [1.807, 2.05) is 0 Å². The molecule has 1 unspecified atom stereocenters. The van der Waals surface area contributed by atoms with Gasteiger partial charge in [0.25, 0.3) is 0 Å². The molecule has 3 nitrogen and oxygen atoms in total. The molecular formula is C26H46N2O. The number of nitrogens with zero attached hydrogens (tertiary/aromatic N) is 2. The molecule has 3 saturated carbocycles. The summed E-state index contributed by atoms with van der Waals surface area (Å²) in [6.07, 6.45) is 27.9. The van der Waals surface area contributed by atoms with Gasteiger partial charge >= 0.3 is 0 Å². The zero-order valence-corrected chi connectivity index (χ0v) is 19.0. The highest BCUT2D eigenvalue weighted by Gasteiger charge is 2.24. The van der Waals surface area contributed by atoms with Crippen LogP contribution < -0.4 is 0 Å². The predicted molar refractivity (Wildman–Crippen MR) is 123 cm³/mol. The van der Waals surface area contributed by atoms with Crippen molar-refractivity contribution >= 4 is 6.01 Å². The van der Waals surface area contributed by atoms with E-state index in [1.165, 1.54) is 128 Å². The van der Waals surface area contributed by atoms with Crippen LogP contribution in [0.15, 0.2) is 9.98 Å². The molecule has 0 aromatic rings. The Morgan fingerprint density at radius 1 is 0.483 bits per heavy atom. The van der Waals surface area contributed by atoms with Gasteiger partial charge in [-0.2, -0.15) is 0 Å². The van der Waals surface area contributed by atoms with Crippen LogP contribution in [-0.2, 0) is 4.74 Å². The molecule has 1 aliphatic heterocycles. The highest BCUT2D eigenvalue weighted by molar-refractivity contribution is 5.42. The van der Waals surface area contributed by atoms with Gasteiger partial charge < -0.3 is 4.74 Å². The molecular weight excluding hydrogens is 356 g/mol. The number of hydrogen-bond donors (Lipinski definition) is 0.